The minimum Gasteiger partial charge on any atom is -0.396 e. The topological polar surface area (TPSA) is 92.1 Å². The summed E-state index contributed by atoms with van der Waals surface area (Å²) in [7, 11) is 0. The fourth-order valence-corrected chi connectivity index (χ4v) is 2.91. The molecule has 1 aliphatic heterocycles. The van der Waals surface area contributed by atoms with Crippen LogP contribution >= 0.6 is 0 Å². The molecule has 0 fully saturated rings. The van der Waals surface area contributed by atoms with Crippen molar-refractivity contribution in [3.8, 4) is 11.4 Å². The summed E-state index contributed by atoms with van der Waals surface area (Å²) in [5.41, 5.74) is 0.803. The Morgan fingerprint density at radius 1 is 1.28 bits per heavy atom. The Hall–Kier alpha value is -2.48. The van der Waals surface area contributed by atoms with Crippen molar-refractivity contribution in [1.29, 1.82) is 0 Å². The third-order valence-corrected chi connectivity index (χ3v) is 4.20. The van der Waals surface area contributed by atoms with Crippen molar-refractivity contribution in [1.82, 2.24) is 20.1 Å². The Balaban J connectivity index is 1.80. The third kappa shape index (κ3) is 4.14. The van der Waals surface area contributed by atoms with Gasteiger partial charge in [0.25, 0.3) is 0 Å². The molecule has 0 saturated heterocycles. The van der Waals surface area contributed by atoms with Crippen molar-refractivity contribution >= 4 is 11.7 Å². The van der Waals surface area contributed by atoms with Crippen LogP contribution in [0, 0.1) is 5.82 Å². The first-order valence-electron chi connectivity index (χ1n) is 8.57. The van der Waals surface area contributed by atoms with Crippen LogP contribution < -0.4 is 10.6 Å². The molecule has 3 rings (SSSR count). The van der Waals surface area contributed by atoms with E-state index in [0.29, 0.717) is 24.4 Å². The number of fused-ring (bicyclic) bond motifs is 1. The molecule has 2 aromatic rings. The van der Waals surface area contributed by atoms with Crippen molar-refractivity contribution in [2.75, 3.05) is 18.5 Å². The highest BCUT2D eigenvalue weighted by Crippen LogP contribution is 2.26. The lowest BCUT2D eigenvalue weighted by Gasteiger charge is -2.11. The lowest BCUT2D eigenvalue weighted by Crippen LogP contribution is -2.30. The Bertz CT molecular complexity index is 747. The molecular formula is C17H22FN5O2. The number of aliphatic hydroxyl groups excluding tert-OH is 1. The standard InChI is InChI=1S/C17H22FN5O2/c18-13-7-6-12(11-14(13)20-17(25)19-8-4-10-24)16-22-21-15-5-2-1-3-9-23(15)16/h6-7,11,24H,1-5,8-10H2,(H2,19,20,25). The molecule has 0 aliphatic carbocycles. The van der Waals surface area contributed by atoms with Crippen LogP contribution in [-0.2, 0) is 13.0 Å². The zero-order valence-electron chi connectivity index (χ0n) is 14.0. The van der Waals surface area contributed by atoms with Crippen molar-refractivity contribution in [3.63, 3.8) is 0 Å². The smallest absolute Gasteiger partial charge is 0.319 e. The Labute approximate surface area is 145 Å². The highest BCUT2D eigenvalue weighted by Gasteiger charge is 2.17. The molecule has 1 aromatic heterocycles. The average Bonchev–Trinajstić information content (AvgIpc) is 2.85. The summed E-state index contributed by atoms with van der Waals surface area (Å²) in [6.45, 7) is 1.16. The highest BCUT2D eigenvalue weighted by molar-refractivity contribution is 5.90. The second kappa shape index (κ2) is 8.06. The molecule has 25 heavy (non-hydrogen) atoms. The van der Waals surface area contributed by atoms with Gasteiger partial charge in [-0.3, -0.25) is 0 Å². The van der Waals surface area contributed by atoms with Gasteiger partial charge in [0.05, 0.1) is 5.69 Å². The summed E-state index contributed by atoms with van der Waals surface area (Å²) in [5, 5.41) is 22.3. The zero-order valence-corrected chi connectivity index (χ0v) is 14.0. The molecule has 7 nitrogen and oxygen atoms in total. The molecule has 0 spiro atoms. The molecular weight excluding hydrogens is 325 g/mol. The molecule has 2 heterocycles. The number of hydrogen-bond acceptors (Lipinski definition) is 4. The summed E-state index contributed by atoms with van der Waals surface area (Å²) in [4.78, 5) is 11.8. The SMILES string of the molecule is O=C(NCCCO)Nc1cc(-c2nnc3n2CCCCC3)ccc1F. The summed E-state index contributed by atoms with van der Waals surface area (Å²) in [6, 6.07) is 4.02. The van der Waals surface area contributed by atoms with Gasteiger partial charge in [-0.1, -0.05) is 6.42 Å². The van der Waals surface area contributed by atoms with E-state index in [4.69, 9.17) is 5.11 Å². The van der Waals surface area contributed by atoms with Crippen molar-refractivity contribution in [2.24, 2.45) is 0 Å². The quantitative estimate of drug-likeness (QED) is 0.724. The van der Waals surface area contributed by atoms with E-state index in [1.54, 1.807) is 12.1 Å². The van der Waals surface area contributed by atoms with Crippen LogP contribution in [0.25, 0.3) is 11.4 Å². The fourth-order valence-electron chi connectivity index (χ4n) is 2.91. The van der Waals surface area contributed by atoms with Gasteiger partial charge in [0.1, 0.15) is 11.6 Å². The summed E-state index contributed by atoms with van der Waals surface area (Å²) in [6.07, 6.45) is 4.67. The van der Waals surface area contributed by atoms with E-state index in [1.165, 1.54) is 6.07 Å². The van der Waals surface area contributed by atoms with E-state index >= 15 is 0 Å². The molecule has 1 aromatic carbocycles. The van der Waals surface area contributed by atoms with E-state index in [-0.39, 0.29) is 12.3 Å². The largest absolute Gasteiger partial charge is 0.396 e. The number of carbonyl (C=O) groups is 1. The van der Waals surface area contributed by atoms with E-state index in [1.807, 2.05) is 0 Å². The second-order valence-corrected chi connectivity index (χ2v) is 6.05. The van der Waals surface area contributed by atoms with Crippen LogP contribution in [0.3, 0.4) is 0 Å². The third-order valence-electron chi connectivity index (χ3n) is 4.20. The number of rotatable bonds is 5. The van der Waals surface area contributed by atoms with Crippen molar-refractivity contribution < 1.29 is 14.3 Å². The van der Waals surface area contributed by atoms with Crippen LogP contribution in [-0.4, -0.2) is 39.1 Å². The molecule has 8 heteroatoms. The predicted molar refractivity (Wildman–Crippen MR) is 91.7 cm³/mol. The number of aromatic nitrogens is 3. The number of halogens is 1. The summed E-state index contributed by atoms with van der Waals surface area (Å²) >= 11 is 0. The number of aliphatic hydroxyl groups is 1. The highest BCUT2D eigenvalue weighted by atomic mass is 19.1. The van der Waals surface area contributed by atoms with Gasteiger partial charge >= 0.3 is 6.03 Å². The minimum atomic E-state index is -0.517. The lowest BCUT2D eigenvalue weighted by molar-refractivity contribution is 0.248. The number of amides is 2. The van der Waals surface area contributed by atoms with Gasteiger partial charge in [-0.05, 0) is 37.5 Å². The molecule has 134 valence electrons. The van der Waals surface area contributed by atoms with Crippen LogP contribution in [0.1, 0.15) is 31.5 Å². The Morgan fingerprint density at radius 3 is 3.00 bits per heavy atom. The normalized spacial score (nSPS) is 13.8. The average molecular weight is 347 g/mol. The molecule has 0 bridgehead atoms. The van der Waals surface area contributed by atoms with Crippen molar-refractivity contribution in [3.05, 3.63) is 29.8 Å². The zero-order chi connectivity index (χ0) is 17.6. The maximum Gasteiger partial charge on any atom is 0.319 e. The van der Waals surface area contributed by atoms with E-state index in [9.17, 15) is 9.18 Å². The number of aryl methyl sites for hydroxylation is 1. The molecule has 0 atom stereocenters. The number of carbonyl (C=O) groups excluding carboxylic acids is 1. The van der Waals surface area contributed by atoms with Gasteiger partial charge in [-0.25, -0.2) is 9.18 Å². The van der Waals surface area contributed by atoms with Crippen LogP contribution in [0.4, 0.5) is 14.9 Å². The fraction of sp³-hybridized carbons (Fsp3) is 0.471. The monoisotopic (exact) mass is 347 g/mol. The molecule has 0 radical (unpaired) electrons. The number of nitrogens with zero attached hydrogens (tertiary/aromatic N) is 3. The van der Waals surface area contributed by atoms with Gasteiger partial charge in [0, 0.05) is 31.7 Å². The van der Waals surface area contributed by atoms with E-state index in [0.717, 1.165) is 38.1 Å². The van der Waals surface area contributed by atoms with E-state index < -0.39 is 11.8 Å². The first kappa shape index (κ1) is 17.3. The lowest BCUT2D eigenvalue weighted by atomic mass is 10.1. The maximum absolute atomic E-state index is 14.0. The van der Waals surface area contributed by atoms with Crippen LogP contribution in [0.15, 0.2) is 18.2 Å². The number of nitrogens with one attached hydrogen (secondary N) is 2. The number of urea groups is 1. The Kier molecular flexibility index (Phi) is 5.60. The molecule has 1 aliphatic rings. The van der Waals surface area contributed by atoms with Crippen molar-refractivity contribution in [2.45, 2.75) is 38.6 Å². The molecule has 0 unspecified atom stereocenters. The Morgan fingerprint density at radius 2 is 2.16 bits per heavy atom. The minimum absolute atomic E-state index is 0.0118. The van der Waals surface area contributed by atoms with Gasteiger partial charge in [0.15, 0.2) is 5.82 Å². The number of anilines is 1. The van der Waals surface area contributed by atoms with Gasteiger partial charge in [-0.2, -0.15) is 0 Å². The second-order valence-electron chi connectivity index (χ2n) is 6.05. The van der Waals surface area contributed by atoms with Gasteiger partial charge < -0.3 is 20.3 Å². The number of hydrogen-bond donors (Lipinski definition) is 3. The first-order chi connectivity index (χ1) is 12.2. The first-order valence-corrected chi connectivity index (χ1v) is 8.57. The molecule has 3 N–H and O–H groups in total. The van der Waals surface area contributed by atoms with Crippen LogP contribution in [0.2, 0.25) is 0 Å². The summed E-state index contributed by atoms with van der Waals surface area (Å²) < 4.78 is 16.1. The van der Waals surface area contributed by atoms with E-state index in [2.05, 4.69) is 25.4 Å². The summed E-state index contributed by atoms with van der Waals surface area (Å²) in [5.74, 6) is 1.13. The predicted octanol–water partition coefficient (Wildman–Crippen LogP) is 2.31. The maximum atomic E-state index is 14.0. The van der Waals surface area contributed by atoms with Crippen LogP contribution in [0.5, 0.6) is 0 Å². The number of benzene rings is 1. The molecule has 0 saturated carbocycles. The molecule has 2 amide bonds. The van der Waals surface area contributed by atoms with Gasteiger partial charge in [0.2, 0.25) is 0 Å². The van der Waals surface area contributed by atoms with Gasteiger partial charge in [-0.15, -0.1) is 10.2 Å².